The number of ether oxygens (including phenoxy) is 1. The molecule has 0 aliphatic rings. The minimum Gasteiger partial charge on any atom is -0.433 e. The van der Waals surface area contributed by atoms with E-state index in [1.54, 1.807) is 6.07 Å². The van der Waals surface area contributed by atoms with Gasteiger partial charge in [0.25, 0.3) is 0 Å². The van der Waals surface area contributed by atoms with E-state index in [0.29, 0.717) is 11.8 Å². The van der Waals surface area contributed by atoms with Crippen LogP contribution in [0.15, 0.2) is 59.0 Å². The normalized spacial score (nSPS) is 10.7. The number of carbonyl (C=O) groups is 1. The molecule has 26 heavy (non-hydrogen) atoms. The zero-order valence-corrected chi connectivity index (χ0v) is 13.6. The van der Waals surface area contributed by atoms with Gasteiger partial charge < -0.3 is 14.5 Å². The number of carbonyl (C=O) groups excluding carboxylic acids is 1. The highest BCUT2D eigenvalue weighted by atomic mass is 19.3. The zero-order valence-electron chi connectivity index (χ0n) is 13.6. The third-order valence-corrected chi connectivity index (χ3v) is 3.43. The lowest BCUT2D eigenvalue weighted by atomic mass is 10.2. The lowest BCUT2D eigenvalue weighted by molar-refractivity contribution is -0.116. The van der Waals surface area contributed by atoms with Crippen molar-refractivity contribution in [2.24, 2.45) is 0 Å². The molecule has 0 radical (unpaired) electrons. The fourth-order valence-corrected chi connectivity index (χ4v) is 2.25. The van der Waals surface area contributed by atoms with Crippen molar-refractivity contribution in [2.75, 3.05) is 5.32 Å². The summed E-state index contributed by atoms with van der Waals surface area (Å²) < 4.78 is 34.7. The average molecular weight is 359 g/mol. The second-order valence-electron chi connectivity index (χ2n) is 5.29. The number of aromatic nitrogens is 2. The maximum atomic E-state index is 12.4. The van der Waals surface area contributed by atoms with Crippen molar-refractivity contribution in [2.45, 2.75) is 19.5 Å². The van der Waals surface area contributed by atoms with Gasteiger partial charge in [-0.05, 0) is 24.3 Å². The van der Waals surface area contributed by atoms with E-state index in [0.717, 1.165) is 5.56 Å². The molecule has 0 spiro atoms. The Morgan fingerprint density at radius 1 is 1.08 bits per heavy atom. The van der Waals surface area contributed by atoms with E-state index in [4.69, 9.17) is 4.42 Å². The molecule has 6 nitrogen and oxygen atoms in total. The Morgan fingerprint density at radius 2 is 1.81 bits per heavy atom. The molecule has 0 aliphatic carbocycles. The van der Waals surface area contributed by atoms with Crippen molar-refractivity contribution < 1.29 is 22.7 Å². The molecule has 1 N–H and O–H groups in total. The Hall–Kier alpha value is -3.29. The number of benzene rings is 2. The highest BCUT2D eigenvalue weighted by Crippen LogP contribution is 2.25. The average Bonchev–Trinajstić information content (AvgIpc) is 3.11. The first-order chi connectivity index (χ1) is 12.6. The third-order valence-electron chi connectivity index (χ3n) is 3.43. The van der Waals surface area contributed by atoms with Crippen molar-refractivity contribution >= 4 is 11.6 Å². The van der Waals surface area contributed by atoms with Crippen LogP contribution < -0.4 is 10.1 Å². The van der Waals surface area contributed by atoms with Crippen LogP contribution in [0.1, 0.15) is 12.3 Å². The van der Waals surface area contributed by atoms with Gasteiger partial charge >= 0.3 is 6.61 Å². The monoisotopic (exact) mass is 359 g/mol. The Kier molecular flexibility index (Phi) is 5.52. The van der Waals surface area contributed by atoms with E-state index >= 15 is 0 Å². The van der Waals surface area contributed by atoms with E-state index in [-0.39, 0.29) is 30.2 Å². The summed E-state index contributed by atoms with van der Waals surface area (Å²) in [5.74, 6) is 0.211. The highest BCUT2D eigenvalue weighted by molar-refractivity contribution is 5.92. The molecule has 0 fully saturated rings. The molecule has 3 rings (SSSR count). The molecule has 0 saturated heterocycles. The van der Waals surface area contributed by atoms with Crippen LogP contribution in [0.5, 0.6) is 5.75 Å². The SMILES string of the molecule is O=C(CCc1nnc(-c2ccccc2)o1)Nc1ccccc1OC(F)F. The van der Waals surface area contributed by atoms with Gasteiger partial charge in [-0.1, -0.05) is 30.3 Å². The lowest BCUT2D eigenvalue weighted by Crippen LogP contribution is -2.14. The second kappa shape index (κ2) is 8.19. The van der Waals surface area contributed by atoms with Crippen LogP contribution in [0, 0.1) is 0 Å². The maximum absolute atomic E-state index is 12.4. The van der Waals surface area contributed by atoms with Gasteiger partial charge in [0.15, 0.2) is 0 Å². The smallest absolute Gasteiger partial charge is 0.387 e. The van der Waals surface area contributed by atoms with Gasteiger partial charge in [0.05, 0.1) is 5.69 Å². The number of hydrogen-bond donors (Lipinski definition) is 1. The Bertz CT molecular complexity index is 869. The molecule has 3 aromatic rings. The van der Waals surface area contributed by atoms with Crippen molar-refractivity contribution in [3.63, 3.8) is 0 Å². The number of anilines is 1. The largest absolute Gasteiger partial charge is 0.433 e. The molecule has 134 valence electrons. The fourth-order valence-electron chi connectivity index (χ4n) is 2.25. The van der Waals surface area contributed by atoms with Crippen LogP contribution in [0.4, 0.5) is 14.5 Å². The van der Waals surface area contributed by atoms with Gasteiger partial charge in [0.2, 0.25) is 17.7 Å². The topological polar surface area (TPSA) is 77.2 Å². The summed E-state index contributed by atoms with van der Waals surface area (Å²) in [7, 11) is 0. The number of aryl methyl sites for hydroxylation is 1. The van der Waals surface area contributed by atoms with Gasteiger partial charge in [-0.15, -0.1) is 10.2 Å². The van der Waals surface area contributed by atoms with Gasteiger partial charge in [-0.2, -0.15) is 8.78 Å². The molecule has 0 bridgehead atoms. The van der Waals surface area contributed by atoms with Crippen LogP contribution in [0.3, 0.4) is 0 Å². The predicted octanol–water partition coefficient (Wildman–Crippen LogP) is 3.91. The third kappa shape index (κ3) is 4.62. The molecule has 1 aromatic heterocycles. The van der Waals surface area contributed by atoms with E-state index in [1.807, 2.05) is 30.3 Å². The summed E-state index contributed by atoms with van der Waals surface area (Å²) in [5, 5.41) is 10.4. The molecular formula is C18H15F2N3O3. The summed E-state index contributed by atoms with van der Waals surface area (Å²) in [6.07, 6.45) is 0.281. The van der Waals surface area contributed by atoms with E-state index in [9.17, 15) is 13.6 Å². The molecule has 1 amide bonds. The number of alkyl halides is 2. The van der Waals surface area contributed by atoms with E-state index in [2.05, 4.69) is 20.3 Å². The standard InChI is InChI=1S/C18H15F2N3O3/c19-18(20)25-14-9-5-4-8-13(14)21-15(24)10-11-16-22-23-17(26-16)12-6-2-1-3-7-12/h1-9,18H,10-11H2,(H,21,24). The first-order valence-electron chi connectivity index (χ1n) is 7.83. The van der Waals surface area contributed by atoms with Crippen LogP contribution in [-0.2, 0) is 11.2 Å². The molecule has 2 aromatic carbocycles. The first-order valence-corrected chi connectivity index (χ1v) is 7.83. The predicted molar refractivity (Wildman–Crippen MR) is 89.8 cm³/mol. The van der Waals surface area contributed by atoms with Gasteiger partial charge in [-0.25, -0.2) is 0 Å². The number of hydrogen-bond acceptors (Lipinski definition) is 5. The maximum Gasteiger partial charge on any atom is 0.387 e. The van der Waals surface area contributed by atoms with Crippen LogP contribution in [-0.4, -0.2) is 22.7 Å². The molecule has 0 atom stereocenters. The number of amides is 1. The van der Waals surface area contributed by atoms with E-state index < -0.39 is 6.61 Å². The Morgan fingerprint density at radius 3 is 2.58 bits per heavy atom. The van der Waals surface area contributed by atoms with Crippen molar-refractivity contribution in [3.8, 4) is 17.2 Å². The molecule has 0 unspecified atom stereocenters. The summed E-state index contributed by atoms with van der Waals surface area (Å²) >= 11 is 0. The minimum atomic E-state index is -2.97. The summed E-state index contributed by atoms with van der Waals surface area (Å²) in [6, 6.07) is 15.2. The highest BCUT2D eigenvalue weighted by Gasteiger charge is 2.13. The van der Waals surface area contributed by atoms with E-state index in [1.165, 1.54) is 18.2 Å². The minimum absolute atomic E-state index is 0.0550. The number of para-hydroxylation sites is 2. The molecular weight excluding hydrogens is 344 g/mol. The summed E-state index contributed by atoms with van der Waals surface area (Å²) in [6.45, 7) is -2.97. The van der Waals surface area contributed by atoms with Crippen LogP contribution in [0.2, 0.25) is 0 Å². The number of rotatable bonds is 7. The van der Waals surface area contributed by atoms with Crippen LogP contribution >= 0.6 is 0 Å². The van der Waals surface area contributed by atoms with Crippen molar-refractivity contribution in [1.82, 2.24) is 10.2 Å². The molecule has 0 saturated carbocycles. The van der Waals surface area contributed by atoms with Crippen LogP contribution in [0.25, 0.3) is 11.5 Å². The number of nitrogens with one attached hydrogen (secondary N) is 1. The number of nitrogens with zero attached hydrogens (tertiary/aromatic N) is 2. The fraction of sp³-hybridized carbons (Fsp3) is 0.167. The number of halogens is 2. The summed E-state index contributed by atoms with van der Waals surface area (Å²) in [5.41, 5.74) is 0.960. The molecule has 1 heterocycles. The summed E-state index contributed by atoms with van der Waals surface area (Å²) in [4.78, 5) is 12.1. The zero-order chi connectivity index (χ0) is 18.4. The van der Waals surface area contributed by atoms with Crippen molar-refractivity contribution in [3.05, 3.63) is 60.5 Å². The first kappa shape index (κ1) is 17.5. The van der Waals surface area contributed by atoms with Crippen molar-refractivity contribution in [1.29, 1.82) is 0 Å². The van der Waals surface area contributed by atoms with Gasteiger partial charge in [0.1, 0.15) is 5.75 Å². The molecule has 8 heteroatoms. The van der Waals surface area contributed by atoms with Gasteiger partial charge in [-0.3, -0.25) is 4.79 Å². The Labute approximate surface area is 147 Å². The Balaban J connectivity index is 1.58. The molecule has 0 aliphatic heterocycles. The van der Waals surface area contributed by atoms with Gasteiger partial charge in [0, 0.05) is 18.4 Å². The second-order valence-corrected chi connectivity index (χ2v) is 5.29. The quantitative estimate of drug-likeness (QED) is 0.692. The lowest BCUT2D eigenvalue weighted by Gasteiger charge is -2.11.